The van der Waals surface area contributed by atoms with E-state index in [9.17, 15) is 9.59 Å². The third-order valence-corrected chi connectivity index (χ3v) is 5.00. The standard InChI is InChI=1S/C19H24N2O3S/c1-4-24-19(23)14-21(16-9-6-5-7-10-16)18(22)13-20(3)15(2)17-11-8-12-25-17/h5-12,15H,4,13-14H2,1-3H3. The second kappa shape index (κ2) is 9.34. The largest absolute Gasteiger partial charge is 0.465 e. The van der Waals surface area contributed by atoms with Gasteiger partial charge >= 0.3 is 5.97 Å². The maximum atomic E-state index is 12.8. The van der Waals surface area contributed by atoms with Crippen LogP contribution in [0.1, 0.15) is 24.8 Å². The zero-order chi connectivity index (χ0) is 18.2. The van der Waals surface area contributed by atoms with Gasteiger partial charge in [-0.1, -0.05) is 24.3 Å². The Morgan fingerprint density at radius 2 is 1.84 bits per heavy atom. The Kier molecular flexibility index (Phi) is 7.16. The average Bonchev–Trinajstić information content (AvgIpc) is 3.14. The van der Waals surface area contributed by atoms with Crippen molar-refractivity contribution in [2.45, 2.75) is 19.9 Å². The van der Waals surface area contributed by atoms with Crippen LogP contribution in [-0.2, 0) is 14.3 Å². The molecule has 1 heterocycles. The van der Waals surface area contributed by atoms with Crippen molar-refractivity contribution in [1.29, 1.82) is 0 Å². The smallest absolute Gasteiger partial charge is 0.326 e. The third kappa shape index (κ3) is 5.41. The molecule has 0 saturated heterocycles. The van der Waals surface area contributed by atoms with Crippen LogP contribution in [0.4, 0.5) is 5.69 Å². The van der Waals surface area contributed by atoms with Gasteiger partial charge in [0.1, 0.15) is 6.54 Å². The van der Waals surface area contributed by atoms with Crippen LogP contribution < -0.4 is 4.90 Å². The zero-order valence-corrected chi connectivity index (χ0v) is 15.7. The number of carbonyl (C=O) groups excluding carboxylic acids is 2. The number of anilines is 1. The number of nitrogens with zero attached hydrogens (tertiary/aromatic N) is 2. The molecule has 0 saturated carbocycles. The molecule has 5 nitrogen and oxygen atoms in total. The minimum Gasteiger partial charge on any atom is -0.465 e. The molecule has 0 radical (unpaired) electrons. The van der Waals surface area contributed by atoms with Gasteiger partial charge in [-0.25, -0.2) is 0 Å². The van der Waals surface area contributed by atoms with Crippen molar-refractivity contribution >= 4 is 28.9 Å². The topological polar surface area (TPSA) is 49.9 Å². The quantitative estimate of drug-likeness (QED) is 0.678. The van der Waals surface area contributed by atoms with E-state index in [0.717, 1.165) is 0 Å². The molecule has 0 fully saturated rings. The molecule has 2 aromatic rings. The summed E-state index contributed by atoms with van der Waals surface area (Å²) in [6.07, 6.45) is 0. The van der Waals surface area contributed by atoms with E-state index in [-0.39, 0.29) is 25.0 Å². The van der Waals surface area contributed by atoms with E-state index in [1.165, 1.54) is 9.78 Å². The number of rotatable bonds is 8. The van der Waals surface area contributed by atoms with Gasteiger partial charge in [0, 0.05) is 16.6 Å². The predicted octanol–water partition coefficient (Wildman–Crippen LogP) is 3.34. The summed E-state index contributed by atoms with van der Waals surface area (Å²) in [6.45, 7) is 4.25. The highest BCUT2D eigenvalue weighted by atomic mass is 32.1. The van der Waals surface area contributed by atoms with Gasteiger partial charge in [-0.05, 0) is 44.5 Å². The minimum atomic E-state index is -0.409. The fourth-order valence-corrected chi connectivity index (χ4v) is 3.30. The fourth-order valence-electron chi connectivity index (χ4n) is 2.45. The van der Waals surface area contributed by atoms with Gasteiger partial charge in [-0.15, -0.1) is 11.3 Å². The Balaban J connectivity index is 2.10. The van der Waals surface area contributed by atoms with Gasteiger partial charge in [-0.3, -0.25) is 14.5 Å². The second-order valence-electron chi connectivity index (χ2n) is 5.73. The van der Waals surface area contributed by atoms with Gasteiger partial charge < -0.3 is 9.64 Å². The molecule has 1 amide bonds. The highest BCUT2D eigenvalue weighted by Gasteiger charge is 2.23. The van der Waals surface area contributed by atoms with Crippen molar-refractivity contribution in [3.63, 3.8) is 0 Å². The van der Waals surface area contributed by atoms with Crippen molar-refractivity contribution < 1.29 is 14.3 Å². The first-order valence-electron chi connectivity index (χ1n) is 8.27. The van der Waals surface area contributed by atoms with Gasteiger partial charge in [-0.2, -0.15) is 0 Å². The average molecular weight is 360 g/mol. The Bertz CT molecular complexity index is 673. The lowest BCUT2D eigenvalue weighted by molar-refractivity contribution is -0.142. The summed E-state index contributed by atoms with van der Waals surface area (Å²) in [5, 5.41) is 2.03. The molecule has 0 N–H and O–H groups in total. The minimum absolute atomic E-state index is 0.0854. The number of hydrogen-bond donors (Lipinski definition) is 0. The summed E-state index contributed by atoms with van der Waals surface area (Å²) >= 11 is 1.67. The predicted molar refractivity (Wildman–Crippen MR) is 101 cm³/mol. The maximum absolute atomic E-state index is 12.8. The Hall–Kier alpha value is -2.18. The summed E-state index contributed by atoms with van der Waals surface area (Å²) < 4.78 is 5.01. The molecule has 0 aliphatic carbocycles. The lowest BCUT2D eigenvalue weighted by Crippen LogP contribution is -2.42. The molecular weight excluding hydrogens is 336 g/mol. The zero-order valence-electron chi connectivity index (χ0n) is 14.8. The Labute approximate surface area is 152 Å². The molecule has 0 aliphatic heterocycles. The highest BCUT2D eigenvalue weighted by Crippen LogP contribution is 2.23. The Morgan fingerprint density at radius 3 is 2.44 bits per heavy atom. The third-order valence-electron chi connectivity index (χ3n) is 3.96. The number of carbonyl (C=O) groups is 2. The molecule has 0 spiro atoms. The molecule has 25 heavy (non-hydrogen) atoms. The van der Waals surface area contributed by atoms with Crippen LogP contribution in [0, 0.1) is 0 Å². The number of esters is 1. The summed E-state index contributed by atoms with van der Waals surface area (Å²) in [5.41, 5.74) is 0.692. The van der Waals surface area contributed by atoms with Crippen LogP contribution in [0.25, 0.3) is 0 Å². The lowest BCUT2D eigenvalue weighted by atomic mass is 10.2. The molecule has 134 valence electrons. The molecule has 1 aromatic carbocycles. The van der Waals surface area contributed by atoms with E-state index in [2.05, 4.69) is 13.0 Å². The highest BCUT2D eigenvalue weighted by molar-refractivity contribution is 7.10. The van der Waals surface area contributed by atoms with Crippen LogP contribution in [-0.4, -0.2) is 43.5 Å². The number of para-hydroxylation sites is 1. The summed E-state index contributed by atoms with van der Waals surface area (Å²) in [5.74, 6) is -0.543. The van der Waals surface area contributed by atoms with Gasteiger partial charge in [0.15, 0.2) is 0 Å². The molecular formula is C19H24N2O3S. The van der Waals surface area contributed by atoms with Crippen LogP contribution in [0.15, 0.2) is 47.8 Å². The molecule has 6 heteroatoms. The Morgan fingerprint density at radius 1 is 1.12 bits per heavy atom. The number of benzene rings is 1. The fraction of sp³-hybridized carbons (Fsp3) is 0.368. The molecule has 0 bridgehead atoms. The lowest BCUT2D eigenvalue weighted by Gasteiger charge is -2.27. The van der Waals surface area contributed by atoms with Crippen molar-refractivity contribution in [3.8, 4) is 0 Å². The van der Waals surface area contributed by atoms with Gasteiger partial charge in [0.2, 0.25) is 5.91 Å². The van der Waals surface area contributed by atoms with E-state index in [0.29, 0.717) is 12.3 Å². The monoisotopic (exact) mass is 360 g/mol. The molecule has 1 atom stereocenters. The van der Waals surface area contributed by atoms with Crippen molar-refractivity contribution in [2.75, 3.05) is 31.6 Å². The molecule has 0 aliphatic rings. The van der Waals surface area contributed by atoms with E-state index in [1.54, 1.807) is 18.3 Å². The number of ether oxygens (including phenoxy) is 1. The molecule has 2 rings (SSSR count). The van der Waals surface area contributed by atoms with E-state index >= 15 is 0 Å². The first kappa shape index (κ1) is 19.1. The molecule has 1 unspecified atom stereocenters. The second-order valence-corrected chi connectivity index (χ2v) is 6.71. The number of hydrogen-bond acceptors (Lipinski definition) is 5. The van der Waals surface area contributed by atoms with Crippen LogP contribution in [0.2, 0.25) is 0 Å². The van der Waals surface area contributed by atoms with Crippen LogP contribution in [0.3, 0.4) is 0 Å². The normalized spacial score (nSPS) is 12.0. The van der Waals surface area contributed by atoms with E-state index in [1.807, 2.05) is 53.7 Å². The number of amides is 1. The number of thiophene rings is 1. The molecule has 1 aromatic heterocycles. The van der Waals surface area contributed by atoms with E-state index < -0.39 is 5.97 Å². The summed E-state index contributed by atoms with van der Waals surface area (Å²) in [7, 11) is 1.91. The first-order chi connectivity index (χ1) is 12.0. The number of likely N-dealkylation sites (N-methyl/N-ethyl adjacent to an activating group) is 1. The van der Waals surface area contributed by atoms with Crippen molar-refractivity contribution in [3.05, 3.63) is 52.7 Å². The van der Waals surface area contributed by atoms with Crippen molar-refractivity contribution in [2.24, 2.45) is 0 Å². The van der Waals surface area contributed by atoms with Gasteiger partial charge in [0.25, 0.3) is 0 Å². The summed E-state index contributed by atoms with van der Waals surface area (Å²) in [6, 6.07) is 13.4. The maximum Gasteiger partial charge on any atom is 0.326 e. The SMILES string of the molecule is CCOC(=O)CN(C(=O)CN(C)C(C)c1cccs1)c1ccccc1. The van der Waals surface area contributed by atoms with E-state index in [4.69, 9.17) is 4.74 Å². The van der Waals surface area contributed by atoms with Crippen molar-refractivity contribution in [1.82, 2.24) is 4.90 Å². The van der Waals surface area contributed by atoms with Crippen LogP contribution in [0.5, 0.6) is 0 Å². The van der Waals surface area contributed by atoms with Gasteiger partial charge in [0.05, 0.1) is 13.2 Å². The van der Waals surface area contributed by atoms with Crippen LogP contribution >= 0.6 is 11.3 Å². The first-order valence-corrected chi connectivity index (χ1v) is 9.15. The summed E-state index contributed by atoms with van der Waals surface area (Å²) in [4.78, 5) is 29.4.